The highest BCUT2D eigenvalue weighted by Crippen LogP contribution is 2.23. The zero-order chi connectivity index (χ0) is 18.4. The molecule has 2 rings (SSSR count). The Hall–Kier alpha value is -3.13. The lowest BCUT2D eigenvalue weighted by molar-refractivity contribution is -0.145. The van der Waals surface area contributed by atoms with Crippen molar-refractivity contribution in [2.24, 2.45) is 5.41 Å². The van der Waals surface area contributed by atoms with Crippen LogP contribution in [0.1, 0.15) is 25.0 Å². The van der Waals surface area contributed by atoms with Crippen molar-refractivity contribution in [2.45, 2.75) is 20.4 Å². The van der Waals surface area contributed by atoms with Crippen LogP contribution in [0.5, 0.6) is 0 Å². The third kappa shape index (κ3) is 4.24. The van der Waals surface area contributed by atoms with Gasteiger partial charge >= 0.3 is 0 Å². The summed E-state index contributed by atoms with van der Waals surface area (Å²) in [7, 11) is 1.67. The molecular formula is C20H21N3O2. The van der Waals surface area contributed by atoms with Crippen LogP contribution in [-0.2, 0) is 16.1 Å². The molecule has 0 spiro atoms. The van der Waals surface area contributed by atoms with E-state index in [1.165, 1.54) is 4.90 Å². The van der Waals surface area contributed by atoms with E-state index in [2.05, 4.69) is 5.32 Å². The van der Waals surface area contributed by atoms with Gasteiger partial charge in [0.25, 0.3) is 0 Å². The van der Waals surface area contributed by atoms with Crippen LogP contribution >= 0.6 is 0 Å². The first-order valence-electron chi connectivity index (χ1n) is 7.96. The molecule has 0 atom stereocenters. The standard InChI is InChI=1S/C20H21N3O2/c1-20(2,18(24)22-17-12-8-7-11-16(17)13-21)19(25)23(3)14-15-9-5-4-6-10-15/h4-12H,14H2,1-3H3,(H,22,24). The number of hydrogen-bond donors (Lipinski definition) is 1. The molecule has 0 saturated carbocycles. The highest BCUT2D eigenvalue weighted by molar-refractivity contribution is 6.10. The zero-order valence-corrected chi connectivity index (χ0v) is 14.6. The first kappa shape index (κ1) is 18.2. The molecule has 0 heterocycles. The van der Waals surface area contributed by atoms with Crippen LogP contribution < -0.4 is 5.32 Å². The average Bonchev–Trinajstić information content (AvgIpc) is 2.62. The molecule has 2 aromatic rings. The van der Waals surface area contributed by atoms with Gasteiger partial charge in [-0.05, 0) is 31.5 Å². The van der Waals surface area contributed by atoms with Crippen LogP contribution in [0.25, 0.3) is 0 Å². The van der Waals surface area contributed by atoms with Gasteiger partial charge in [0, 0.05) is 13.6 Å². The number of nitrogens with one attached hydrogen (secondary N) is 1. The van der Waals surface area contributed by atoms with E-state index in [-0.39, 0.29) is 5.91 Å². The third-order valence-corrected chi connectivity index (χ3v) is 4.01. The van der Waals surface area contributed by atoms with Crippen molar-refractivity contribution in [2.75, 3.05) is 12.4 Å². The molecular weight excluding hydrogens is 314 g/mol. The Balaban J connectivity index is 2.12. The second kappa shape index (κ2) is 7.63. The number of nitrogens with zero attached hydrogens (tertiary/aromatic N) is 2. The molecule has 0 aliphatic heterocycles. The summed E-state index contributed by atoms with van der Waals surface area (Å²) in [6.07, 6.45) is 0. The molecule has 0 aromatic heterocycles. The number of benzene rings is 2. The summed E-state index contributed by atoms with van der Waals surface area (Å²) >= 11 is 0. The van der Waals surface area contributed by atoms with Crippen molar-refractivity contribution >= 4 is 17.5 Å². The Labute approximate surface area is 147 Å². The largest absolute Gasteiger partial charge is 0.341 e. The topological polar surface area (TPSA) is 73.2 Å². The second-order valence-electron chi connectivity index (χ2n) is 6.38. The fourth-order valence-electron chi connectivity index (χ4n) is 2.47. The lowest BCUT2D eigenvalue weighted by Gasteiger charge is -2.28. The van der Waals surface area contributed by atoms with Gasteiger partial charge in [0.2, 0.25) is 11.8 Å². The fourth-order valence-corrected chi connectivity index (χ4v) is 2.47. The third-order valence-electron chi connectivity index (χ3n) is 4.01. The maximum atomic E-state index is 12.8. The molecule has 25 heavy (non-hydrogen) atoms. The first-order chi connectivity index (χ1) is 11.9. The van der Waals surface area contributed by atoms with E-state index in [9.17, 15) is 9.59 Å². The van der Waals surface area contributed by atoms with Crippen molar-refractivity contribution in [3.8, 4) is 6.07 Å². The Morgan fingerprint density at radius 3 is 2.32 bits per heavy atom. The molecule has 0 aliphatic carbocycles. The Kier molecular flexibility index (Phi) is 5.56. The quantitative estimate of drug-likeness (QED) is 0.853. The molecule has 5 heteroatoms. The SMILES string of the molecule is CN(Cc1ccccc1)C(=O)C(C)(C)C(=O)Nc1ccccc1C#N. The van der Waals surface area contributed by atoms with Gasteiger partial charge in [-0.15, -0.1) is 0 Å². The molecule has 1 N–H and O–H groups in total. The van der Waals surface area contributed by atoms with Crippen LogP contribution in [0.3, 0.4) is 0 Å². The lowest BCUT2D eigenvalue weighted by Crippen LogP contribution is -2.45. The molecule has 128 valence electrons. The Morgan fingerprint density at radius 1 is 1.08 bits per heavy atom. The lowest BCUT2D eigenvalue weighted by atomic mass is 9.90. The van der Waals surface area contributed by atoms with E-state index < -0.39 is 11.3 Å². The molecule has 2 aromatic carbocycles. The molecule has 0 radical (unpaired) electrons. The summed E-state index contributed by atoms with van der Waals surface area (Å²) in [5.74, 6) is -0.733. The van der Waals surface area contributed by atoms with E-state index in [0.29, 0.717) is 17.8 Å². The smallest absolute Gasteiger partial charge is 0.239 e. The highest BCUT2D eigenvalue weighted by Gasteiger charge is 2.38. The zero-order valence-electron chi connectivity index (χ0n) is 14.6. The second-order valence-corrected chi connectivity index (χ2v) is 6.38. The van der Waals surface area contributed by atoms with Crippen molar-refractivity contribution < 1.29 is 9.59 Å². The van der Waals surface area contributed by atoms with Crippen LogP contribution in [0, 0.1) is 16.7 Å². The normalized spacial score (nSPS) is 10.6. The van der Waals surface area contributed by atoms with Crippen molar-refractivity contribution in [1.82, 2.24) is 4.90 Å². The first-order valence-corrected chi connectivity index (χ1v) is 7.96. The van der Waals surface area contributed by atoms with Gasteiger partial charge in [-0.2, -0.15) is 5.26 Å². The predicted molar refractivity (Wildman–Crippen MR) is 96.5 cm³/mol. The monoisotopic (exact) mass is 335 g/mol. The van der Waals surface area contributed by atoms with E-state index in [0.717, 1.165) is 5.56 Å². The van der Waals surface area contributed by atoms with Gasteiger partial charge in [0.05, 0.1) is 11.3 Å². The Morgan fingerprint density at radius 2 is 1.68 bits per heavy atom. The number of amides is 2. The fraction of sp³-hybridized carbons (Fsp3) is 0.250. The predicted octanol–water partition coefficient (Wildman–Crippen LogP) is 3.18. The van der Waals surface area contributed by atoms with E-state index in [1.54, 1.807) is 45.2 Å². The summed E-state index contributed by atoms with van der Waals surface area (Å²) < 4.78 is 0. The summed E-state index contributed by atoms with van der Waals surface area (Å²) in [6, 6.07) is 18.3. The molecule has 0 saturated heterocycles. The average molecular weight is 335 g/mol. The molecule has 0 aliphatic rings. The van der Waals surface area contributed by atoms with Crippen molar-refractivity contribution in [3.05, 3.63) is 65.7 Å². The molecule has 0 fully saturated rings. The van der Waals surface area contributed by atoms with Crippen LogP contribution in [0.15, 0.2) is 54.6 Å². The van der Waals surface area contributed by atoms with Gasteiger partial charge in [0.15, 0.2) is 0 Å². The minimum atomic E-state index is -1.26. The number of nitriles is 1. The van der Waals surface area contributed by atoms with Gasteiger partial charge in [-0.1, -0.05) is 42.5 Å². The maximum Gasteiger partial charge on any atom is 0.239 e. The number of carbonyl (C=O) groups excluding carboxylic acids is 2. The maximum absolute atomic E-state index is 12.8. The van der Waals surface area contributed by atoms with Crippen molar-refractivity contribution in [3.63, 3.8) is 0 Å². The van der Waals surface area contributed by atoms with Crippen molar-refractivity contribution in [1.29, 1.82) is 5.26 Å². The summed E-state index contributed by atoms with van der Waals surface area (Å²) in [5.41, 5.74) is 0.495. The molecule has 5 nitrogen and oxygen atoms in total. The van der Waals surface area contributed by atoms with E-state index in [4.69, 9.17) is 5.26 Å². The van der Waals surface area contributed by atoms with Gasteiger partial charge < -0.3 is 10.2 Å². The van der Waals surface area contributed by atoms with Crippen LogP contribution in [0.2, 0.25) is 0 Å². The van der Waals surface area contributed by atoms with Crippen LogP contribution in [-0.4, -0.2) is 23.8 Å². The summed E-state index contributed by atoms with van der Waals surface area (Å²) in [4.78, 5) is 26.9. The van der Waals surface area contributed by atoms with E-state index in [1.807, 2.05) is 36.4 Å². The number of hydrogen-bond acceptors (Lipinski definition) is 3. The number of carbonyl (C=O) groups is 2. The summed E-state index contributed by atoms with van der Waals surface area (Å²) in [6.45, 7) is 3.59. The molecule has 0 bridgehead atoms. The molecule has 0 unspecified atom stereocenters. The van der Waals surface area contributed by atoms with Crippen LogP contribution in [0.4, 0.5) is 5.69 Å². The number of para-hydroxylation sites is 1. The minimum Gasteiger partial charge on any atom is -0.341 e. The minimum absolute atomic E-state index is 0.289. The van der Waals surface area contributed by atoms with Gasteiger partial charge in [0.1, 0.15) is 11.5 Å². The number of rotatable bonds is 5. The summed E-state index contributed by atoms with van der Waals surface area (Å²) in [5, 5.41) is 11.8. The molecule has 2 amide bonds. The van der Waals surface area contributed by atoms with Gasteiger partial charge in [-0.25, -0.2) is 0 Å². The van der Waals surface area contributed by atoms with Gasteiger partial charge in [-0.3, -0.25) is 9.59 Å². The Bertz CT molecular complexity index is 807. The number of anilines is 1. The highest BCUT2D eigenvalue weighted by atomic mass is 16.2. The van der Waals surface area contributed by atoms with E-state index >= 15 is 0 Å².